The Morgan fingerprint density at radius 2 is 2.23 bits per heavy atom. The first kappa shape index (κ1) is 18.4. The van der Waals surface area contributed by atoms with Gasteiger partial charge < -0.3 is 10.2 Å². The highest BCUT2D eigenvalue weighted by Crippen LogP contribution is 2.19. The van der Waals surface area contributed by atoms with Crippen LogP contribution in [0, 0.1) is 11.3 Å². The SMILES string of the molecule is CC(C(=O)NCc1cccs1)N1CCCN(c2ncccc2C#N)CC1. The highest BCUT2D eigenvalue weighted by Gasteiger charge is 2.25. The van der Waals surface area contributed by atoms with Gasteiger partial charge >= 0.3 is 0 Å². The maximum atomic E-state index is 12.5. The number of anilines is 1. The molecule has 0 spiro atoms. The lowest BCUT2D eigenvalue weighted by molar-refractivity contribution is -0.126. The van der Waals surface area contributed by atoms with E-state index in [1.807, 2.05) is 24.4 Å². The van der Waals surface area contributed by atoms with Gasteiger partial charge in [-0.25, -0.2) is 4.98 Å². The van der Waals surface area contributed by atoms with E-state index in [1.165, 1.54) is 0 Å². The van der Waals surface area contributed by atoms with Crippen molar-refractivity contribution in [1.29, 1.82) is 5.26 Å². The second-order valence-electron chi connectivity index (χ2n) is 6.34. The van der Waals surface area contributed by atoms with Gasteiger partial charge in [-0.05, 0) is 36.9 Å². The number of carbonyl (C=O) groups excluding carboxylic acids is 1. The molecular weight excluding hydrogens is 346 g/mol. The molecule has 6 nitrogen and oxygen atoms in total. The van der Waals surface area contributed by atoms with Crippen LogP contribution in [0.15, 0.2) is 35.8 Å². The second kappa shape index (κ2) is 8.79. The number of aromatic nitrogens is 1. The summed E-state index contributed by atoms with van der Waals surface area (Å²) in [7, 11) is 0. The molecule has 1 atom stereocenters. The van der Waals surface area contributed by atoms with Crippen molar-refractivity contribution >= 4 is 23.1 Å². The first-order valence-electron chi connectivity index (χ1n) is 8.83. The largest absolute Gasteiger partial charge is 0.354 e. The number of thiophene rings is 1. The summed E-state index contributed by atoms with van der Waals surface area (Å²) in [6, 6.07) is 9.64. The minimum atomic E-state index is -0.172. The topological polar surface area (TPSA) is 72.3 Å². The molecule has 3 rings (SSSR count). The molecule has 1 aliphatic heterocycles. The smallest absolute Gasteiger partial charge is 0.237 e. The molecule has 1 amide bonds. The number of rotatable bonds is 5. The van der Waals surface area contributed by atoms with Crippen LogP contribution in [0.2, 0.25) is 0 Å². The van der Waals surface area contributed by atoms with Gasteiger partial charge in [0.15, 0.2) is 0 Å². The maximum Gasteiger partial charge on any atom is 0.237 e. The predicted molar refractivity (Wildman–Crippen MR) is 103 cm³/mol. The third kappa shape index (κ3) is 4.40. The van der Waals surface area contributed by atoms with E-state index in [9.17, 15) is 10.1 Å². The molecule has 0 radical (unpaired) electrons. The normalized spacial score (nSPS) is 16.5. The van der Waals surface area contributed by atoms with Gasteiger partial charge in [0.1, 0.15) is 11.9 Å². The molecule has 26 heavy (non-hydrogen) atoms. The molecule has 0 aromatic carbocycles. The molecule has 1 aliphatic rings. The Bertz CT molecular complexity index is 770. The summed E-state index contributed by atoms with van der Waals surface area (Å²) in [5.41, 5.74) is 0.600. The Morgan fingerprint density at radius 3 is 3.00 bits per heavy atom. The van der Waals surface area contributed by atoms with Crippen LogP contribution in [-0.2, 0) is 11.3 Å². The van der Waals surface area contributed by atoms with Crippen molar-refractivity contribution in [3.63, 3.8) is 0 Å². The van der Waals surface area contributed by atoms with E-state index < -0.39 is 0 Å². The highest BCUT2D eigenvalue weighted by molar-refractivity contribution is 7.09. The van der Waals surface area contributed by atoms with Crippen LogP contribution in [0.3, 0.4) is 0 Å². The molecule has 2 aromatic rings. The van der Waals surface area contributed by atoms with E-state index in [0.29, 0.717) is 12.1 Å². The first-order valence-corrected chi connectivity index (χ1v) is 9.71. The Balaban J connectivity index is 1.57. The number of carbonyl (C=O) groups is 1. The van der Waals surface area contributed by atoms with Crippen LogP contribution in [0.25, 0.3) is 0 Å². The van der Waals surface area contributed by atoms with E-state index in [4.69, 9.17) is 0 Å². The van der Waals surface area contributed by atoms with Crippen molar-refractivity contribution in [2.45, 2.75) is 25.9 Å². The van der Waals surface area contributed by atoms with Gasteiger partial charge in [0.05, 0.1) is 18.2 Å². The van der Waals surface area contributed by atoms with Crippen molar-refractivity contribution < 1.29 is 4.79 Å². The van der Waals surface area contributed by atoms with Crippen molar-refractivity contribution in [2.75, 3.05) is 31.1 Å². The molecule has 1 fully saturated rings. The monoisotopic (exact) mass is 369 g/mol. The number of nitrogens with one attached hydrogen (secondary N) is 1. The third-order valence-corrected chi connectivity index (χ3v) is 5.56. The van der Waals surface area contributed by atoms with Crippen LogP contribution in [0.1, 0.15) is 23.8 Å². The van der Waals surface area contributed by atoms with Gasteiger partial charge in [-0.1, -0.05) is 6.07 Å². The summed E-state index contributed by atoms with van der Waals surface area (Å²) in [4.78, 5) is 22.4. The van der Waals surface area contributed by atoms with E-state index in [2.05, 4.69) is 26.2 Å². The summed E-state index contributed by atoms with van der Waals surface area (Å²) in [6.07, 6.45) is 2.66. The standard InChI is InChI=1S/C19H23N5OS/c1-15(19(25)22-14-17-6-3-12-26-17)23-8-4-9-24(11-10-23)18-16(13-20)5-2-7-21-18/h2-3,5-7,12,15H,4,8-11,14H2,1H3,(H,22,25). The van der Waals surface area contributed by atoms with Gasteiger partial charge in [-0.3, -0.25) is 9.69 Å². The zero-order valence-electron chi connectivity index (χ0n) is 14.9. The fourth-order valence-electron chi connectivity index (χ4n) is 3.17. The molecule has 1 unspecified atom stereocenters. The summed E-state index contributed by atoms with van der Waals surface area (Å²) < 4.78 is 0. The lowest BCUT2D eigenvalue weighted by Gasteiger charge is -2.27. The molecule has 7 heteroatoms. The van der Waals surface area contributed by atoms with Crippen molar-refractivity contribution in [3.05, 3.63) is 46.3 Å². The van der Waals surface area contributed by atoms with Crippen LogP contribution in [0.5, 0.6) is 0 Å². The maximum absolute atomic E-state index is 12.5. The van der Waals surface area contributed by atoms with Crippen LogP contribution in [0.4, 0.5) is 5.82 Å². The fourth-order valence-corrected chi connectivity index (χ4v) is 3.82. The number of nitriles is 1. The lowest BCUT2D eigenvalue weighted by Crippen LogP contribution is -2.46. The lowest BCUT2D eigenvalue weighted by atomic mass is 10.2. The minimum Gasteiger partial charge on any atom is -0.354 e. The second-order valence-corrected chi connectivity index (χ2v) is 7.37. The summed E-state index contributed by atoms with van der Waals surface area (Å²) in [5.74, 6) is 0.800. The molecule has 0 bridgehead atoms. The molecule has 1 saturated heterocycles. The van der Waals surface area contributed by atoms with Crippen LogP contribution < -0.4 is 10.2 Å². The van der Waals surface area contributed by atoms with Crippen LogP contribution >= 0.6 is 11.3 Å². The zero-order chi connectivity index (χ0) is 18.4. The predicted octanol–water partition coefficient (Wildman–Crippen LogP) is 2.23. The van der Waals surface area contributed by atoms with Crippen molar-refractivity contribution in [2.24, 2.45) is 0 Å². The molecule has 1 N–H and O–H groups in total. The molecule has 2 aromatic heterocycles. The molecule has 3 heterocycles. The van der Waals surface area contributed by atoms with Gasteiger partial charge in [0.2, 0.25) is 5.91 Å². The van der Waals surface area contributed by atoms with E-state index in [-0.39, 0.29) is 11.9 Å². The molecular formula is C19H23N5OS. The summed E-state index contributed by atoms with van der Waals surface area (Å²) in [5, 5.41) is 14.3. The number of nitrogens with zero attached hydrogens (tertiary/aromatic N) is 4. The zero-order valence-corrected chi connectivity index (χ0v) is 15.7. The number of hydrogen-bond donors (Lipinski definition) is 1. The van der Waals surface area contributed by atoms with Gasteiger partial charge in [-0.15, -0.1) is 11.3 Å². The Morgan fingerprint density at radius 1 is 1.35 bits per heavy atom. The quantitative estimate of drug-likeness (QED) is 0.875. The molecule has 0 aliphatic carbocycles. The molecule has 136 valence electrons. The van der Waals surface area contributed by atoms with Crippen LogP contribution in [-0.4, -0.2) is 48.0 Å². The minimum absolute atomic E-state index is 0.0578. The Kier molecular flexibility index (Phi) is 6.21. The fraction of sp³-hybridized carbons (Fsp3) is 0.421. The average Bonchev–Trinajstić information content (AvgIpc) is 3.08. The number of amides is 1. The van der Waals surface area contributed by atoms with Gasteiger partial charge in [-0.2, -0.15) is 5.26 Å². The van der Waals surface area contributed by atoms with E-state index in [1.54, 1.807) is 29.7 Å². The third-order valence-electron chi connectivity index (χ3n) is 4.68. The van der Waals surface area contributed by atoms with Crippen molar-refractivity contribution in [3.8, 4) is 6.07 Å². The van der Waals surface area contributed by atoms with Gasteiger partial charge in [0.25, 0.3) is 0 Å². The Labute approximate surface area is 158 Å². The summed E-state index contributed by atoms with van der Waals surface area (Å²) in [6.45, 7) is 5.77. The van der Waals surface area contributed by atoms with E-state index >= 15 is 0 Å². The van der Waals surface area contributed by atoms with Gasteiger partial charge in [0, 0.05) is 37.3 Å². The first-order chi connectivity index (χ1) is 12.7. The van der Waals surface area contributed by atoms with E-state index in [0.717, 1.165) is 43.3 Å². The Hall–Kier alpha value is -2.43. The summed E-state index contributed by atoms with van der Waals surface area (Å²) >= 11 is 1.65. The molecule has 0 saturated carbocycles. The number of pyridine rings is 1. The highest BCUT2D eigenvalue weighted by atomic mass is 32.1. The average molecular weight is 369 g/mol. The number of hydrogen-bond acceptors (Lipinski definition) is 6. The van der Waals surface area contributed by atoms with Crippen molar-refractivity contribution in [1.82, 2.24) is 15.2 Å².